The third-order valence-corrected chi connectivity index (χ3v) is 4.09. The minimum absolute atomic E-state index is 0.0761. The van der Waals surface area contributed by atoms with Gasteiger partial charge in [0, 0.05) is 0 Å². The van der Waals surface area contributed by atoms with Gasteiger partial charge in [0.25, 0.3) is 0 Å². The maximum Gasteiger partial charge on any atom is 0.320 e. The van der Waals surface area contributed by atoms with E-state index in [1.54, 1.807) is 0 Å². The van der Waals surface area contributed by atoms with Crippen LogP contribution >= 0.6 is 0 Å². The Morgan fingerprint density at radius 2 is 1.25 bits per heavy atom. The summed E-state index contributed by atoms with van der Waals surface area (Å²) in [4.78, 5) is 24.8. The molecule has 126 valence electrons. The molecule has 0 heterocycles. The second-order valence-corrected chi connectivity index (χ2v) is 5.74. The lowest BCUT2D eigenvalue weighted by Gasteiger charge is -2.28. The van der Waals surface area contributed by atoms with Crippen molar-refractivity contribution in [1.29, 1.82) is 0 Å². The van der Waals surface area contributed by atoms with Crippen molar-refractivity contribution in [1.82, 2.24) is 0 Å². The number of rotatable bonds is 6. The summed E-state index contributed by atoms with van der Waals surface area (Å²) in [6.45, 7) is 1.32. The molecule has 2 aromatic rings. The van der Waals surface area contributed by atoms with Crippen molar-refractivity contribution in [2.75, 3.05) is 7.11 Å². The lowest BCUT2D eigenvalue weighted by molar-refractivity contribution is -0.157. The number of hydrogen-bond acceptors (Lipinski definition) is 3. The van der Waals surface area contributed by atoms with E-state index in [2.05, 4.69) is 0 Å². The highest BCUT2D eigenvalue weighted by Crippen LogP contribution is 2.31. The number of carbonyl (C=O) groups excluding carboxylic acids is 2. The minimum Gasteiger partial charge on any atom is -0.468 e. The number of benzene rings is 2. The monoisotopic (exact) mass is 332 g/mol. The Balaban J connectivity index is 2.42. The molecule has 0 aliphatic carbocycles. The van der Waals surface area contributed by atoms with E-state index in [9.17, 15) is 18.4 Å². The topological polar surface area (TPSA) is 43.4 Å². The summed E-state index contributed by atoms with van der Waals surface area (Å²) in [6, 6.07) is 11.2. The van der Waals surface area contributed by atoms with Gasteiger partial charge in [0.1, 0.15) is 22.8 Å². The highest BCUT2D eigenvalue weighted by molar-refractivity contribution is 6.03. The van der Waals surface area contributed by atoms with E-state index >= 15 is 0 Å². The molecular weight excluding hydrogens is 314 g/mol. The predicted molar refractivity (Wildman–Crippen MR) is 85.3 cm³/mol. The molecule has 24 heavy (non-hydrogen) atoms. The Labute approximate surface area is 139 Å². The summed E-state index contributed by atoms with van der Waals surface area (Å²) in [5, 5.41) is 0. The Morgan fingerprint density at radius 3 is 1.54 bits per heavy atom. The first kappa shape index (κ1) is 17.8. The van der Waals surface area contributed by atoms with Gasteiger partial charge in [0.2, 0.25) is 0 Å². The predicted octanol–water partition coefficient (Wildman–Crippen LogP) is 3.50. The second-order valence-electron chi connectivity index (χ2n) is 5.74. The molecule has 2 rings (SSSR count). The van der Waals surface area contributed by atoms with Gasteiger partial charge in [-0.25, -0.2) is 8.78 Å². The third kappa shape index (κ3) is 3.85. The number of halogens is 2. The standard InChI is InChI=1S/C19H18F2O3/c1-13(22)19(18(23)24-2,11-14-3-7-16(20)8-4-14)12-15-5-9-17(21)10-6-15/h3-10H,11-12H2,1-2H3. The fourth-order valence-electron chi connectivity index (χ4n) is 2.70. The molecule has 0 spiro atoms. The van der Waals surface area contributed by atoms with E-state index in [1.165, 1.54) is 62.6 Å². The fourth-order valence-corrected chi connectivity index (χ4v) is 2.70. The van der Waals surface area contributed by atoms with Crippen molar-refractivity contribution in [3.8, 4) is 0 Å². The molecule has 0 bridgehead atoms. The molecule has 3 nitrogen and oxygen atoms in total. The van der Waals surface area contributed by atoms with Crippen molar-refractivity contribution in [3.63, 3.8) is 0 Å². The number of carbonyl (C=O) groups is 2. The van der Waals surface area contributed by atoms with Gasteiger partial charge in [-0.05, 0) is 55.2 Å². The van der Waals surface area contributed by atoms with Crippen LogP contribution in [0.3, 0.4) is 0 Å². The van der Waals surface area contributed by atoms with Crippen LogP contribution in [-0.4, -0.2) is 18.9 Å². The normalized spacial score (nSPS) is 11.2. The molecule has 0 N–H and O–H groups in total. The van der Waals surface area contributed by atoms with Gasteiger partial charge in [-0.15, -0.1) is 0 Å². The average Bonchev–Trinajstić information content (AvgIpc) is 2.57. The number of methoxy groups -OCH3 is 1. The maximum atomic E-state index is 13.1. The minimum atomic E-state index is -1.44. The van der Waals surface area contributed by atoms with Crippen LogP contribution in [0.1, 0.15) is 18.1 Å². The quantitative estimate of drug-likeness (QED) is 0.601. The molecule has 5 heteroatoms. The zero-order chi connectivity index (χ0) is 17.7. The van der Waals surface area contributed by atoms with Crippen LogP contribution in [0.5, 0.6) is 0 Å². The Bertz CT molecular complexity index is 674. The first-order chi connectivity index (χ1) is 11.4. The largest absolute Gasteiger partial charge is 0.468 e. The number of ether oxygens (including phenoxy) is 1. The lowest BCUT2D eigenvalue weighted by atomic mass is 9.73. The van der Waals surface area contributed by atoms with E-state index in [-0.39, 0.29) is 18.6 Å². The molecule has 0 amide bonds. The van der Waals surface area contributed by atoms with Gasteiger partial charge in [-0.3, -0.25) is 9.59 Å². The van der Waals surface area contributed by atoms with Gasteiger partial charge in [0.15, 0.2) is 0 Å². The summed E-state index contributed by atoms with van der Waals surface area (Å²) in [7, 11) is 1.22. The molecule has 0 aromatic heterocycles. The van der Waals surface area contributed by atoms with E-state index in [0.29, 0.717) is 11.1 Å². The third-order valence-electron chi connectivity index (χ3n) is 4.09. The molecule has 2 aromatic carbocycles. The van der Waals surface area contributed by atoms with Gasteiger partial charge in [-0.1, -0.05) is 24.3 Å². The van der Waals surface area contributed by atoms with E-state index < -0.39 is 23.0 Å². The maximum absolute atomic E-state index is 13.1. The zero-order valence-corrected chi connectivity index (χ0v) is 13.5. The molecule has 0 fully saturated rings. The average molecular weight is 332 g/mol. The van der Waals surface area contributed by atoms with Crippen molar-refractivity contribution in [2.45, 2.75) is 19.8 Å². The van der Waals surface area contributed by atoms with E-state index in [1.807, 2.05) is 0 Å². The molecule has 0 aliphatic rings. The van der Waals surface area contributed by atoms with Crippen LogP contribution in [0, 0.1) is 17.0 Å². The zero-order valence-electron chi connectivity index (χ0n) is 13.5. The van der Waals surface area contributed by atoms with Crippen molar-refractivity contribution in [3.05, 3.63) is 71.3 Å². The lowest BCUT2D eigenvalue weighted by Crippen LogP contribution is -2.43. The second kappa shape index (κ2) is 7.34. The molecule has 0 saturated carbocycles. The van der Waals surface area contributed by atoms with Crippen molar-refractivity contribution in [2.24, 2.45) is 5.41 Å². The Hall–Kier alpha value is -2.56. The number of esters is 1. The van der Waals surface area contributed by atoms with Crippen LogP contribution in [-0.2, 0) is 27.2 Å². The first-order valence-electron chi connectivity index (χ1n) is 7.46. The van der Waals surface area contributed by atoms with Gasteiger partial charge in [0.05, 0.1) is 7.11 Å². The highest BCUT2D eigenvalue weighted by Gasteiger charge is 2.44. The Kier molecular flexibility index (Phi) is 5.44. The van der Waals surface area contributed by atoms with E-state index in [4.69, 9.17) is 4.74 Å². The van der Waals surface area contributed by atoms with Crippen molar-refractivity contribution >= 4 is 11.8 Å². The number of ketones is 1. The van der Waals surface area contributed by atoms with Crippen LogP contribution < -0.4 is 0 Å². The molecular formula is C19H18F2O3. The smallest absolute Gasteiger partial charge is 0.320 e. The van der Waals surface area contributed by atoms with Crippen LogP contribution in [0.2, 0.25) is 0 Å². The summed E-state index contributed by atoms with van der Waals surface area (Å²) >= 11 is 0. The molecule has 0 saturated heterocycles. The summed E-state index contributed by atoms with van der Waals surface area (Å²) in [5.74, 6) is -1.82. The van der Waals surface area contributed by atoms with Crippen LogP contribution in [0.4, 0.5) is 8.78 Å². The Morgan fingerprint density at radius 1 is 0.875 bits per heavy atom. The number of hydrogen-bond donors (Lipinski definition) is 0. The van der Waals surface area contributed by atoms with Gasteiger partial charge < -0.3 is 4.74 Å². The molecule has 0 radical (unpaired) electrons. The van der Waals surface area contributed by atoms with Crippen LogP contribution in [0.25, 0.3) is 0 Å². The molecule has 0 aliphatic heterocycles. The first-order valence-corrected chi connectivity index (χ1v) is 7.46. The van der Waals surface area contributed by atoms with E-state index in [0.717, 1.165) is 0 Å². The van der Waals surface area contributed by atoms with Crippen molar-refractivity contribution < 1.29 is 23.1 Å². The fraction of sp³-hybridized carbons (Fsp3) is 0.263. The highest BCUT2D eigenvalue weighted by atomic mass is 19.1. The molecule has 0 unspecified atom stereocenters. The van der Waals surface area contributed by atoms with Gasteiger partial charge in [-0.2, -0.15) is 0 Å². The summed E-state index contributed by atoms with van der Waals surface area (Å²) in [5.41, 5.74) is -0.164. The summed E-state index contributed by atoms with van der Waals surface area (Å²) in [6.07, 6.45) is 0.152. The van der Waals surface area contributed by atoms with Crippen LogP contribution in [0.15, 0.2) is 48.5 Å². The summed E-state index contributed by atoms with van der Waals surface area (Å²) < 4.78 is 31.0. The molecule has 0 atom stereocenters. The SMILES string of the molecule is COC(=O)C(Cc1ccc(F)cc1)(Cc1ccc(F)cc1)C(C)=O. The number of Topliss-reactive ketones (excluding diaryl/α,β-unsaturated/α-hetero) is 1. The van der Waals surface area contributed by atoms with Gasteiger partial charge >= 0.3 is 5.97 Å².